The number of hydrogen-bond acceptors (Lipinski definition) is 8. The van der Waals surface area contributed by atoms with Crippen molar-refractivity contribution in [1.29, 1.82) is 5.26 Å². The number of nitriles is 1. The Hall–Kier alpha value is -4.17. The maximum Gasteiger partial charge on any atom is 0.410 e. The van der Waals surface area contributed by atoms with Crippen LogP contribution >= 0.6 is 11.3 Å². The summed E-state index contributed by atoms with van der Waals surface area (Å²) in [5, 5.41) is 15.1. The van der Waals surface area contributed by atoms with Crippen molar-refractivity contribution in [3.8, 4) is 17.3 Å². The number of thiazole rings is 1. The second-order valence-electron chi connectivity index (χ2n) is 10.6. The van der Waals surface area contributed by atoms with Crippen LogP contribution in [-0.4, -0.2) is 64.4 Å². The Morgan fingerprint density at radius 3 is 2.55 bits per heavy atom. The minimum Gasteiger partial charge on any atom is -0.444 e. The number of anilines is 3. The van der Waals surface area contributed by atoms with E-state index in [1.54, 1.807) is 27.6 Å². The van der Waals surface area contributed by atoms with E-state index < -0.39 is 5.60 Å². The third-order valence-corrected chi connectivity index (χ3v) is 7.71. The first-order chi connectivity index (χ1) is 19.5. The number of aromatic nitrogens is 3. The first-order valence-corrected chi connectivity index (χ1v) is 14.0. The van der Waals surface area contributed by atoms with Crippen LogP contribution in [0, 0.1) is 17.1 Å². The van der Waals surface area contributed by atoms with E-state index in [2.05, 4.69) is 11.0 Å². The number of carbonyl (C=O) groups excluding carboxylic acids is 1. The van der Waals surface area contributed by atoms with Crippen molar-refractivity contribution in [1.82, 2.24) is 19.5 Å². The minimum absolute atomic E-state index is 0.241. The molecular weight excluding hydrogens is 529 g/mol. The number of halogens is 1. The lowest BCUT2D eigenvalue weighted by Crippen LogP contribution is -2.50. The molecule has 0 N–H and O–H groups in total. The van der Waals surface area contributed by atoms with Crippen LogP contribution in [0.5, 0.6) is 0 Å². The van der Waals surface area contributed by atoms with Crippen molar-refractivity contribution in [3.05, 3.63) is 59.0 Å². The molecule has 1 aliphatic heterocycles. The summed E-state index contributed by atoms with van der Waals surface area (Å²) in [6.45, 7) is 9.81. The Morgan fingerprint density at radius 2 is 1.93 bits per heavy atom. The van der Waals surface area contributed by atoms with Crippen molar-refractivity contribution < 1.29 is 15.3 Å². The highest BCUT2D eigenvalue weighted by molar-refractivity contribution is 7.16. The second-order valence-corrected chi connectivity index (χ2v) is 11.6. The molecule has 0 unspecified atom stereocenters. The molecule has 4 aromatic rings. The number of ether oxygens (including phenoxy) is 1. The molecule has 1 saturated heterocycles. The van der Waals surface area contributed by atoms with Crippen molar-refractivity contribution >= 4 is 39.5 Å². The molecule has 9 nitrogen and oxygen atoms in total. The highest BCUT2D eigenvalue weighted by Crippen LogP contribution is 2.39. The van der Waals surface area contributed by atoms with Gasteiger partial charge in [0.05, 0.1) is 18.3 Å². The van der Waals surface area contributed by atoms with Crippen molar-refractivity contribution in [3.63, 3.8) is 0 Å². The minimum atomic E-state index is -0.550. The maximum absolute atomic E-state index is 13.5. The Kier molecular flexibility index (Phi) is 7.02. The third-order valence-electron chi connectivity index (χ3n) is 6.67. The number of pyridine rings is 1. The molecule has 0 bridgehead atoms. The van der Waals surface area contributed by atoms with E-state index in [0.717, 1.165) is 22.6 Å². The average Bonchev–Trinajstić information content (AvgIpc) is 3.54. The molecule has 1 aliphatic rings. The lowest BCUT2D eigenvalue weighted by molar-refractivity contribution is 0.0240. The summed E-state index contributed by atoms with van der Waals surface area (Å²) < 4.78 is 29.4. The van der Waals surface area contributed by atoms with E-state index in [-0.39, 0.29) is 18.1 Å². The van der Waals surface area contributed by atoms with Gasteiger partial charge < -0.3 is 19.4 Å². The van der Waals surface area contributed by atoms with Gasteiger partial charge in [-0.25, -0.2) is 18.7 Å². The Morgan fingerprint density at radius 1 is 1.23 bits per heavy atom. The van der Waals surface area contributed by atoms with Crippen LogP contribution in [-0.2, 0) is 11.2 Å². The number of piperazine rings is 1. The zero-order valence-electron chi connectivity index (χ0n) is 24.2. The van der Waals surface area contributed by atoms with Crippen LogP contribution in [0.1, 0.15) is 39.6 Å². The van der Waals surface area contributed by atoms with Gasteiger partial charge in [-0.2, -0.15) is 10.4 Å². The number of rotatable bonds is 5. The third kappa shape index (κ3) is 5.45. The second kappa shape index (κ2) is 10.8. The summed E-state index contributed by atoms with van der Waals surface area (Å²) >= 11 is 1.25. The quantitative estimate of drug-likeness (QED) is 0.301. The molecule has 0 atom stereocenters. The van der Waals surface area contributed by atoms with E-state index in [0.29, 0.717) is 53.9 Å². The number of benzene rings is 1. The molecule has 208 valence electrons. The summed E-state index contributed by atoms with van der Waals surface area (Å²) in [6.07, 6.45) is 0.554. The van der Waals surface area contributed by atoms with Gasteiger partial charge >= 0.3 is 6.09 Å². The molecule has 3 aromatic heterocycles. The van der Waals surface area contributed by atoms with E-state index >= 15 is 0 Å². The fraction of sp³-hybridized carbons (Fsp3) is 0.379. The molecule has 0 spiro atoms. The fourth-order valence-corrected chi connectivity index (χ4v) is 5.55. The predicted octanol–water partition coefficient (Wildman–Crippen LogP) is 5.86. The largest absolute Gasteiger partial charge is 0.444 e. The zero-order valence-corrected chi connectivity index (χ0v) is 24.0. The number of hydrogen-bond donors (Lipinski definition) is 0. The van der Waals surface area contributed by atoms with Crippen LogP contribution < -0.4 is 9.80 Å². The van der Waals surface area contributed by atoms with Crippen LogP contribution in [0.3, 0.4) is 0 Å². The monoisotopic (exact) mass is 562 g/mol. The number of fused-ring (bicyclic) bond motifs is 1. The van der Waals surface area contributed by atoms with Gasteiger partial charge in [-0.05, 0) is 63.6 Å². The van der Waals surface area contributed by atoms with Crippen molar-refractivity contribution in [2.24, 2.45) is 0 Å². The van der Waals surface area contributed by atoms with Gasteiger partial charge in [0.25, 0.3) is 0 Å². The van der Waals surface area contributed by atoms with E-state index in [4.69, 9.17) is 16.2 Å². The highest BCUT2D eigenvalue weighted by atomic mass is 32.1. The molecule has 40 heavy (non-hydrogen) atoms. The smallest absolute Gasteiger partial charge is 0.410 e. The fourth-order valence-electron chi connectivity index (χ4n) is 4.69. The first kappa shape index (κ1) is 26.1. The van der Waals surface area contributed by atoms with Crippen LogP contribution in [0.4, 0.5) is 25.7 Å². The Balaban J connectivity index is 1.47. The summed E-state index contributed by atoms with van der Waals surface area (Å²) in [4.78, 5) is 23.5. The van der Waals surface area contributed by atoms with Crippen molar-refractivity contribution in [2.75, 3.05) is 43.0 Å². The number of aryl methyl sites for hydroxylation is 1. The van der Waals surface area contributed by atoms with Crippen LogP contribution in [0.2, 0.25) is 0 Å². The van der Waals surface area contributed by atoms with Gasteiger partial charge in [-0.3, -0.25) is 0 Å². The zero-order chi connectivity index (χ0) is 29.5. The molecule has 1 amide bonds. The lowest BCUT2D eigenvalue weighted by Gasteiger charge is -2.36. The Bertz CT molecular complexity index is 1630. The molecule has 0 saturated carbocycles. The van der Waals surface area contributed by atoms with Gasteiger partial charge in [0.1, 0.15) is 28.1 Å². The van der Waals surface area contributed by atoms with Gasteiger partial charge in [-0.15, -0.1) is 0 Å². The van der Waals surface area contributed by atoms with Gasteiger partial charge in [0.15, 0.2) is 5.13 Å². The summed E-state index contributed by atoms with van der Waals surface area (Å²) in [6, 6.07) is 12.0. The number of nitrogens with zero attached hydrogens (tertiary/aromatic N) is 7. The van der Waals surface area contributed by atoms with Crippen molar-refractivity contribution in [2.45, 2.75) is 39.7 Å². The topological polar surface area (TPSA) is 90.0 Å². The van der Waals surface area contributed by atoms with E-state index in [9.17, 15) is 14.4 Å². The summed E-state index contributed by atoms with van der Waals surface area (Å²) in [5.74, 6) is -0.355. The number of amides is 1. The molecule has 4 heterocycles. The normalized spacial score (nSPS) is 14.3. The predicted molar refractivity (Wildman–Crippen MR) is 155 cm³/mol. The molecule has 0 radical (unpaired) electrons. The molecule has 1 fully saturated rings. The van der Waals surface area contributed by atoms with Crippen LogP contribution in [0.25, 0.3) is 16.8 Å². The molecular formula is C29H32FN7O2S. The van der Waals surface area contributed by atoms with Gasteiger partial charge in [-0.1, -0.05) is 18.3 Å². The van der Waals surface area contributed by atoms with E-state index in [1.165, 1.54) is 23.5 Å². The molecule has 1 aromatic carbocycles. The maximum atomic E-state index is 13.5. The summed E-state index contributed by atoms with van der Waals surface area (Å²) in [7, 11) is 1.88. The van der Waals surface area contributed by atoms with E-state index in [1.807, 2.05) is 45.7 Å². The van der Waals surface area contributed by atoms with Gasteiger partial charge in [0, 0.05) is 50.7 Å². The lowest BCUT2D eigenvalue weighted by atomic mass is 10.1. The average molecular weight is 563 g/mol. The SMILES string of the molecule is [2H]c1cc(N2CCN(C(=O)OC(C)(C)C)CC2)cc2c(N(C)c3nc(-c4ccc(F)cc4)c(C#N)s3)c(CC)nn12. The molecule has 0 aliphatic carbocycles. The Labute approximate surface area is 238 Å². The molecule has 11 heteroatoms. The van der Waals surface area contributed by atoms with Gasteiger partial charge in [0.2, 0.25) is 0 Å². The first-order valence-electron chi connectivity index (χ1n) is 13.6. The molecule has 5 rings (SSSR count). The van der Waals surface area contributed by atoms with Crippen LogP contribution in [0.15, 0.2) is 42.6 Å². The standard InChI is InChI=1S/C29H32FN7O2S/c1-6-22-26(34(5)27-32-25(24(18-31)40-27)19-7-9-20(30)10-8-19)23-17-21(11-12-37(23)33-22)35-13-15-36(16-14-35)28(38)39-29(2,3)4/h7-12,17H,6,13-16H2,1-5H3/i12D. The number of carbonyl (C=O) groups is 1. The summed E-state index contributed by atoms with van der Waals surface area (Å²) in [5.41, 5.74) is 3.83. The highest BCUT2D eigenvalue weighted by Gasteiger charge is 2.27.